The number of terminal acetylenes is 1. The van der Waals surface area contributed by atoms with E-state index >= 15 is 0 Å². The Kier molecular flexibility index (Phi) is 3.42. The van der Waals surface area contributed by atoms with Gasteiger partial charge < -0.3 is 10.0 Å². The van der Waals surface area contributed by atoms with Gasteiger partial charge in [0.25, 0.3) is 0 Å². The Hall–Kier alpha value is -1.76. The summed E-state index contributed by atoms with van der Waals surface area (Å²) in [6, 6.07) is 0. The van der Waals surface area contributed by atoms with Crippen LogP contribution in [0.15, 0.2) is 12.2 Å². The second-order valence-corrected chi connectivity index (χ2v) is 4.89. The quantitative estimate of drug-likeness (QED) is 0.595. The maximum Gasteiger partial charge on any atom is 0.307 e. The molecule has 0 aliphatic heterocycles. The van der Waals surface area contributed by atoms with Gasteiger partial charge in [-0.25, -0.2) is 0 Å². The van der Waals surface area contributed by atoms with E-state index < -0.39 is 17.8 Å². The van der Waals surface area contributed by atoms with Gasteiger partial charge >= 0.3 is 5.97 Å². The minimum absolute atomic E-state index is 0.00555. The van der Waals surface area contributed by atoms with Crippen molar-refractivity contribution >= 4 is 11.9 Å². The molecule has 0 heterocycles. The van der Waals surface area contributed by atoms with Crippen molar-refractivity contribution in [3.63, 3.8) is 0 Å². The van der Waals surface area contributed by atoms with Crippen LogP contribution in [0.1, 0.15) is 13.3 Å². The Labute approximate surface area is 107 Å². The van der Waals surface area contributed by atoms with E-state index in [1.807, 2.05) is 19.1 Å². The first-order valence-electron chi connectivity index (χ1n) is 6.23. The highest BCUT2D eigenvalue weighted by Gasteiger charge is 2.52. The summed E-state index contributed by atoms with van der Waals surface area (Å²) in [5, 5.41) is 9.29. The Balaban J connectivity index is 2.21. The third-order valence-electron chi connectivity index (χ3n) is 4.01. The molecule has 0 aromatic rings. The highest BCUT2D eigenvalue weighted by atomic mass is 16.4. The highest BCUT2D eigenvalue weighted by molar-refractivity contribution is 5.87. The van der Waals surface area contributed by atoms with Crippen LogP contribution in [0.4, 0.5) is 0 Å². The molecule has 0 spiro atoms. The van der Waals surface area contributed by atoms with Gasteiger partial charge in [0.1, 0.15) is 0 Å². The van der Waals surface area contributed by atoms with Crippen LogP contribution in [0.25, 0.3) is 0 Å². The van der Waals surface area contributed by atoms with E-state index in [1.165, 1.54) is 0 Å². The van der Waals surface area contributed by atoms with E-state index in [9.17, 15) is 14.7 Å². The molecule has 4 atom stereocenters. The van der Waals surface area contributed by atoms with Crippen molar-refractivity contribution in [2.75, 3.05) is 13.1 Å². The van der Waals surface area contributed by atoms with E-state index in [0.717, 1.165) is 6.42 Å². The number of allylic oxidation sites excluding steroid dienone is 2. The van der Waals surface area contributed by atoms with Gasteiger partial charge in [-0.1, -0.05) is 18.1 Å². The van der Waals surface area contributed by atoms with Crippen LogP contribution < -0.4 is 0 Å². The molecule has 2 aliphatic carbocycles. The molecule has 2 bridgehead atoms. The summed E-state index contributed by atoms with van der Waals surface area (Å²) >= 11 is 0. The lowest BCUT2D eigenvalue weighted by Gasteiger charge is -2.29. The zero-order chi connectivity index (χ0) is 13.3. The average molecular weight is 247 g/mol. The molecule has 0 aromatic heterocycles. The van der Waals surface area contributed by atoms with Crippen LogP contribution in [0.2, 0.25) is 0 Å². The van der Waals surface area contributed by atoms with Crippen molar-refractivity contribution < 1.29 is 14.7 Å². The number of carbonyl (C=O) groups excluding carboxylic acids is 1. The topological polar surface area (TPSA) is 57.6 Å². The largest absolute Gasteiger partial charge is 0.481 e. The van der Waals surface area contributed by atoms with Crippen LogP contribution >= 0.6 is 0 Å². The highest BCUT2D eigenvalue weighted by Crippen LogP contribution is 2.48. The normalized spacial score (nSPS) is 32.2. The number of hydrogen-bond donors (Lipinski definition) is 1. The number of carboxylic acid groups (broad SMARTS) is 1. The fourth-order valence-electron chi connectivity index (χ4n) is 3.16. The second-order valence-electron chi connectivity index (χ2n) is 4.89. The number of nitrogens with zero attached hydrogens (tertiary/aromatic N) is 1. The molecule has 0 aromatic carbocycles. The van der Waals surface area contributed by atoms with Crippen LogP contribution in [-0.4, -0.2) is 35.0 Å². The second kappa shape index (κ2) is 4.85. The zero-order valence-electron chi connectivity index (χ0n) is 10.4. The Bertz CT molecular complexity index is 435. The molecule has 4 nitrogen and oxygen atoms in total. The van der Waals surface area contributed by atoms with Crippen LogP contribution in [0.3, 0.4) is 0 Å². The first-order valence-corrected chi connectivity index (χ1v) is 6.23. The standard InChI is InChI=1S/C14H17NO3/c1-3-7-15(4-2)13(16)11-9-5-6-10(8-9)12(11)14(17)18/h1,5-6,9-12H,4,7-8H2,2H3,(H,17,18)/t9?,10?,11-,12+/m0/s1. The fourth-order valence-corrected chi connectivity index (χ4v) is 3.16. The van der Waals surface area contributed by atoms with Gasteiger partial charge in [-0.15, -0.1) is 6.42 Å². The van der Waals surface area contributed by atoms with E-state index in [0.29, 0.717) is 6.54 Å². The molecule has 1 amide bonds. The van der Waals surface area contributed by atoms with Gasteiger partial charge in [-0.05, 0) is 25.2 Å². The van der Waals surface area contributed by atoms with Crippen molar-refractivity contribution in [1.82, 2.24) is 4.90 Å². The smallest absolute Gasteiger partial charge is 0.307 e. The van der Waals surface area contributed by atoms with Crippen LogP contribution in [0.5, 0.6) is 0 Å². The van der Waals surface area contributed by atoms with Crippen LogP contribution in [0, 0.1) is 36.0 Å². The lowest BCUT2D eigenvalue weighted by Crippen LogP contribution is -2.43. The fraction of sp³-hybridized carbons (Fsp3) is 0.571. The Morgan fingerprint density at radius 1 is 1.39 bits per heavy atom. The molecular weight excluding hydrogens is 230 g/mol. The van der Waals surface area contributed by atoms with Crippen molar-refractivity contribution in [3.05, 3.63) is 12.2 Å². The third-order valence-corrected chi connectivity index (χ3v) is 4.01. The van der Waals surface area contributed by atoms with E-state index in [2.05, 4.69) is 5.92 Å². The molecule has 4 heteroatoms. The summed E-state index contributed by atoms with van der Waals surface area (Å²) in [5.41, 5.74) is 0. The summed E-state index contributed by atoms with van der Waals surface area (Å²) in [7, 11) is 0. The lowest BCUT2D eigenvalue weighted by atomic mass is 9.82. The van der Waals surface area contributed by atoms with Gasteiger partial charge in [0.2, 0.25) is 5.91 Å². The van der Waals surface area contributed by atoms with Gasteiger partial charge in [-0.2, -0.15) is 0 Å². The first kappa shape index (κ1) is 12.7. The van der Waals surface area contributed by atoms with E-state index in [1.54, 1.807) is 4.90 Å². The van der Waals surface area contributed by atoms with Crippen molar-refractivity contribution in [2.24, 2.45) is 23.7 Å². The molecule has 2 aliphatic rings. The lowest BCUT2D eigenvalue weighted by molar-refractivity contribution is -0.150. The molecule has 0 saturated heterocycles. The molecule has 2 rings (SSSR count). The molecule has 18 heavy (non-hydrogen) atoms. The maximum atomic E-state index is 12.4. The van der Waals surface area contributed by atoms with Crippen molar-refractivity contribution in [2.45, 2.75) is 13.3 Å². The van der Waals surface area contributed by atoms with Gasteiger partial charge in [0.05, 0.1) is 18.4 Å². The summed E-state index contributed by atoms with van der Waals surface area (Å²) in [4.78, 5) is 25.3. The Morgan fingerprint density at radius 3 is 2.50 bits per heavy atom. The van der Waals surface area contributed by atoms with Gasteiger partial charge in [0.15, 0.2) is 0 Å². The van der Waals surface area contributed by atoms with E-state index in [-0.39, 0.29) is 24.3 Å². The molecule has 0 radical (unpaired) electrons. The molecule has 1 fully saturated rings. The molecular formula is C14H17NO3. The third kappa shape index (κ3) is 1.90. The number of fused-ring (bicyclic) bond motifs is 2. The number of aliphatic carboxylic acids is 1. The van der Waals surface area contributed by atoms with Gasteiger partial charge in [0, 0.05) is 6.54 Å². The minimum Gasteiger partial charge on any atom is -0.481 e. The molecule has 1 saturated carbocycles. The first-order chi connectivity index (χ1) is 8.60. The number of hydrogen-bond acceptors (Lipinski definition) is 2. The summed E-state index contributed by atoms with van der Waals surface area (Å²) in [5.74, 6) is 0.514. The number of rotatable bonds is 4. The van der Waals surface area contributed by atoms with Crippen molar-refractivity contribution in [3.8, 4) is 12.3 Å². The predicted octanol–water partition coefficient (Wildman–Crippen LogP) is 0.991. The molecule has 1 N–H and O–H groups in total. The van der Waals surface area contributed by atoms with Crippen molar-refractivity contribution in [1.29, 1.82) is 0 Å². The monoisotopic (exact) mass is 247 g/mol. The summed E-state index contributed by atoms with van der Waals surface area (Å²) < 4.78 is 0. The number of carboxylic acids is 1. The average Bonchev–Trinajstić information content (AvgIpc) is 2.94. The molecule has 2 unspecified atom stereocenters. The molecule has 96 valence electrons. The zero-order valence-corrected chi connectivity index (χ0v) is 10.4. The Morgan fingerprint density at radius 2 is 2.00 bits per heavy atom. The maximum absolute atomic E-state index is 12.4. The minimum atomic E-state index is -0.873. The summed E-state index contributed by atoms with van der Waals surface area (Å²) in [6.45, 7) is 2.63. The summed E-state index contributed by atoms with van der Waals surface area (Å²) in [6.07, 6.45) is 9.93. The predicted molar refractivity (Wildman–Crippen MR) is 66.4 cm³/mol. The number of carbonyl (C=O) groups is 2. The van der Waals surface area contributed by atoms with Crippen LogP contribution in [-0.2, 0) is 9.59 Å². The number of amides is 1. The van der Waals surface area contributed by atoms with E-state index in [4.69, 9.17) is 6.42 Å². The SMILES string of the molecule is C#CCN(CC)C(=O)[C@H]1C2C=CC(C2)[C@H]1C(=O)O. The van der Waals surface area contributed by atoms with Gasteiger partial charge in [-0.3, -0.25) is 9.59 Å².